The highest BCUT2D eigenvalue weighted by molar-refractivity contribution is 7.89. The number of fused-ring (bicyclic) bond motifs is 2. The number of likely N-dealkylation sites (N-methyl/N-ethyl adjacent to an activating group) is 1. The molecule has 2 N–H and O–H groups in total. The minimum atomic E-state index is -3.70. The van der Waals surface area contributed by atoms with Crippen molar-refractivity contribution in [3.63, 3.8) is 0 Å². The van der Waals surface area contributed by atoms with Gasteiger partial charge < -0.3 is 5.32 Å². The molecule has 0 radical (unpaired) electrons. The average molecular weight is 316 g/mol. The molecule has 0 heterocycles. The third-order valence-corrected chi connectivity index (χ3v) is 7.16. The number of carbonyl (C=O) groups excluding carboxylic acids is 2. The van der Waals surface area contributed by atoms with E-state index in [0.717, 1.165) is 6.42 Å². The van der Waals surface area contributed by atoms with Crippen molar-refractivity contribution in [1.82, 2.24) is 10.0 Å². The first-order valence-corrected chi connectivity index (χ1v) is 8.96. The van der Waals surface area contributed by atoms with Crippen LogP contribution in [-0.2, 0) is 19.6 Å². The summed E-state index contributed by atoms with van der Waals surface area (Å²) >= 11 is 0. The first-order valence-electron chi connectivity index (χ1n) is 7.30. The van der Waals surface area contributed by atoms with Crippen LogP contribution in [0.25, 0.3) is 0 Å². The number of sulfonamides is 1. The minimum Gasteiger partial charge on any atom is -0.358 e. The monoisotopic (exact) mass is 316 g/mol. The Kier molecular flexibility index (Phi) is 3.95. The molecule has 6 nitrogen and oxygen atoms in total. The summed E-state index contributed by atoms with van der Waals surface area (Å²) in [4.78, 5) is 23.8. The fourth-order valence-corrected chi connectivity index (χ4v) is 6.07. The molecule has 0 aliphatic heterocycles. The van der Waals surface area contributed by atoms with E-state index in [9.17, 15) is 18.0 Å². The second-order valence-electron chi connectivity index (χ2n) is 6.88. The molecule has 21 heavy (non-hydrogen) atoms. The van der Waals surface area contributed by atoms with Crippen LogP contribution in [0.5, 0.6) is 0 Å². The molecule has 0 aromatic carbocycles. The Morgan fingerprint density at radius 3 is 2.48 bits per heavy atom. The van der Waals surface area contributed by atoms with Gasteiger partial charge in [-0.1, -0.05) is 13.8 Å². The van der Waals surface area contributed by atoms with Gasteiger partial charge in [-0.25, -0.2) is 13.1 Å². The summed E-state index contributed by atoms with van der Waals surface area (Å²) in [5.41, 5.74) is -1.10. The van der Waals surface area contributed by atoms with E-state index < -0.39 is 27.4 Å². The van der Waals surface area contributed by atoms with Gasteiger partial charge in [-0.05, 0) is 31.1 Å². The Morgan fingerprint density at radius 1 is 1.43 bits per heavy atom. The number of carbonyl (C=O) groups is 2. The molecule has 2 fully saturated rings. The van der Waals surface area contributed by atoms with E-state index in [1.807, 2.05) is 13.8 Å². The maximum absolute atomic E-state index is 12.4. The summed E-state index contributed by atoms with van der Waals surface area (Å²) in [6, 6.07) is -0.840. The first kappa shape index (κ1) is 16.4. The molecule has 3 unspecified atom stereocenters. The lowest BCUT2D eigenvalue weighted by molar-refractivity contribution is -0.128. The second-order valence-corrected chi connectivity index (χ2v) is 8.63. The summed E-state index contributed by atoms with van der Waals surface area (Å²) in [5, 5.41) is 2.40. The van der Waals surface area contributed by atoms with Crippen molar-refractivity contribution in [3.05, 3.63) is 0 Å². The zero-order valence-corrected chi connectivity index (χ0v) is 13.8. The van der Waals surface area contributed by atoms with E-state index >= 15 is 0 Å². The third kappa shape index (κ3) is 2.50. The van der Waals surface area contributed by atoms with Crippen LogP contribution in [0.15, 0.2) is 0 Å². The number of hydrogen-bond donors (Lipinski definition) is 2. The summed E-state index contributed by atoms with van der Waals surface area (Å²) in [7, 11) is -2.24. The van der Waals surface area contributed by atoms with Crippen molar-refractivity contribution in [3.8, 4) is 0 Å². The van der Waals surface area contributed by atoms with Gasteiger partial charge in [0.25, 0.3) is 0 Å². The molecule has 0 spiro atoms. The number of rotatable bonds is 5. The lowest BCUT2D eigenvalue weighted by Crippen LogP contribution is -2.49. The number of amides is 1. The standard InChI is InChI=1S/C14H24N2O4S/c1-9(12(18)15-4)16-21(19,20)8-14-6-5-10(7-11(14)17)13(14,2)3/h9-10,16H,5-8H2,1-4H3,(H,15,18). The summed E-state index contributed by atoms with van der Waals surface area (Å²) in [5.74, 6) is -0.278. The van der Waals surface area contributed by atoms with Gasteiger partial charge in [0.15, 0.2) is 0 Å². The largest absolute Gasteiger partial charge is 0.358 e. The lowest BCUT2D eigenvalue weighted by Gasteiger charge is -2.36. The molecule has 0 aromatic rings. The second kappa shape index (κ2) is 5.05. The molecule has 1 amide bonds. The Hall–Kier alpha value is -0.950. The average Bonchev–Trinajstić information content (AvgIpc) is 2.70. The van der Waals surface area contributed by atoms with Gasteiger partial charge in [-0.2, -0.15) is 0 Å². The van der Waals surface area contributed by atoms with Crippen molar-refractivity contribution in [1.29, 1.82) is 0 Å². The van der Waals surface area contributed by atoms with E-state index in [-0.39, 0.29) is 22.9 Å². The van der Waals surface area contributed by atoms with Crippen molar-refractivity contribution in [2.75, 3.05) is 12.8 Å². The zero-order chi connectivity index (χ0) is 16.1. The van der Waals surface area contributed by atoms with Gasteiger partial charge in [-0.3, -0.25) is 9.59 Å². The lowest BCUT2D eigenvalue weighted by atomic mass is 9.70. The number of nitrogens with one attached hydrogen (secondary N) is 2. The molecule has 120 valence electrons. The summed E-state index contributed by atoms with van der Waals surface area (Å²) in [6.45, 7) is 5.48. The van der Waals surface area contributed by atoms with E-state index in [1.165, 1.54) is 14.0 Å². The maximum atomic E-state index is 12.4. The molecule has 0 aromatic heterocycles. The van der Waals surface area contributed by atoms with Crippen LogP contribution < -0.4 is 10.0 Å². The predicted octanol–water partition coefficient (Wildman–Crippen LogP) is 0.436. The van der Waals surface area contributed by atoms with Crippen LogP contribution in [0.2, 0.25) is 0 Å². The molecule has 3 atom stereocenters. The molecule has 7 heteroatoms. The molecule has 0 saturated heterocycles. The maximum Gasteiger partial charge on any atom is 0.237 e. The Labute approximate surface area is 126 Å². The topological polar surface area (TPSA) is 92.3 Å². The third-order valence-electron chi connectivity index (χ3n) is 5.57. The Balaban J connectivity index is 2.20. The highest BCUT2D eigenvalue weighted by Gasteiger charge is 2.65. The van der Waals surface area contributed by atoms with E-state index in [1.54, 1.807) is 0 Å². The van der Waals surface area contributed by atoms with Crippen molar-refractivity contribution >= 4 is 21.7 Å². The molecule has 2 saturated carbocycles. The summed E-state index contributed by atoms with van der Waals surface area (Å²) < 4.78 is 27.2. The quantitative estimate of drug-likeness (QED) is 0.769. The van der Waals surface area contributed by atoms with Gasteiger partial charge in [0, 0.05) is 18.9 Å². The fourth-order valence-electron chi connectivity index (χ4n) is 4.01. The SMILES string of the molecule is CNC(=O)C(C)NS(=O)(=O)CC12CCC(CC1=O)C2(C)C. The van der Waals surface area contributed by atoms with Gasteiger partial charge >= 0.3 is 0 Å². The van der Waals surface area contributed by atoms with Crippen LogP contribution >= 0.6 is 0 Å². The van der Waals surface area contributed by atoms with Gasteiger partial charge in [0.2, 0.25) is 15.9 Å². The molecular formula is C14H24N2O4S. The van der Waals surface area contributed by atoms with E-state index in [2.05, 4.69) is 10.0 Å². The first-order chi connectivity index (χ1) is 9.56. The predicted molar refractivity (Wildman–Crippen MR) is 79.0 cm³/mol. The van der Waals surface area contributed by atoms with Crippen molar-refractivity contribution < 1.29 is 18.0 Å². The van der Waals surface area contributed by atoms with Crippen LogP contribution in [-0.4, -0.2) is 39.0 Å². The smallest absolute Gasteiger partial charge is 0.237 e. The summed E-state index contributed by atoms with van der Waals surface area (Å²) in [6.07, 6.45) is 2.01. The van der Waals surface area contributed by atoms with Crippen LogP contribution in [0.3, 0.4) is 0 Å². The van der Waals surface area contributed by atoms with Crippen LogP contribution in [0.1, 0.15) is 40.0 Å². The van der Waals surface area contributed by atoms with Crippen molar-refractivity contribution in [2.24, 2.45) is 16.7 Å². The van der Waals surface area contributed by atoms with Crippen LogP contribution in [0.4, 0.5) is 0 Å². The Bertz CT molecular complexity index is 570. The molecule has 2 rings (SSSR count). The highest BCUT2D eigenvalue weighted by Crippen LogP contribution is 2.64. The highest BCUT2D eigenvalue weighted by atomic mass is 32.2. The number of hydrogen-bond acceptors (Lipinski definition) is 4. The molecule has 2 bridgehead atoms. The van der Waals surface area contributed by atoms with Crippen LogP contribution in [0, 0.1) is 16.7 Å². The van der Waals surface area contributed by atoms with Crippen molar-refractivity contribution in [2.45, 2.75) is 46.1 Å². The molecular weight excluding hydrogens is 292 g/mol. The number of Topliss-reactive ketones (excluding diaryl/α,β-unsaturated/α-hetero) is 1. The number of ketones is 1. The van der Waals surface area contributed by atoms with Gasteiger partial charge in [0.05, 0.1) is 11.8 Å². The Morgan fingerprint density at radius 2 is 2.05 bits per heavy atom. The fraction of sp³-hybridized carbons (Fsp3) is 0.857. The van der Waals surface area contributed by atoms with E-state index in [4.69, 9.17) is 0 Å². The van der Waals surface area contributed by atoms with Gasteiger partial charge in [-0.15, -0.1) is 0 Å². The molecule has 2 aliphatic carbocycles. The van der Waals surface area contributed by atoms with Gasteiger partial charge in [0.1, 0.15) is 5.78 Å². The minimum absolute atomic E-state index is 0.0571. The zero-order valence-electron chi connectivity index (χ0n) is 13.0. The molecule has 2 aliphatic rings. The normalized spacial score (nSPS) is 32.2. The van der Waals surface area contributed by atoms with E-state index in [0.29, 0.717) is 12.8 Å².